The number of carbonyl (C=O) groups is 2. The van der Waals surface area contributed by atoms with E-state index in [9.17, 15) is 9.59 Å². The lowest BCUT2D eigenvalue weighted by Gasteiger charge is -2.24. The fourth-order valence-corrected chi connectivity index (χ4v) is 4.49. The summed E-state index contributed by atoms with van der Waals surface area (Å²) in [5.41, 5.74) is -0.439. The van der Waals surface area contributed by atoms with E-state index < -0.39 is 17.6 Å². The molecule has 2 N–H and O–H groups in total. The molecule has 0 aromatic carbocycles. The highest BCUT2D eigenvalue weighted by molar-refractivity contribution is 8.00. The average Bonchev–Trinajstić information content (AvgIpc) is 2.89. The standard InChI is InChI=1S/C10H14N2O3S/c13-8(14)6-5-16-7-4-10(2-1-3-11-10)9(15)12(6)7/h6-7,11H,1-5H2,(H,13,14)/t6-,7-,10-/m1/s1. The van der Waals surface area contributed by atoms with Crippen LogP contribution in [-0.2, 0) is 9.59 Å². The predicted octanol–water partition coefficient (Wildman–Crippen LogP) is -0.133. The number of carbonyl (C=O) groups excluding carboxylic acids is 1. The van der Waals surface area contributed by atoms with Gasteiger partial charge >= 0.3 is 5.97 Å². The zero-order valence-corrected chi connectivity index (χ0v) is 9.63. The molecule has 0 unspecified atom stereocenters. The molecule has 3 saturated heterocycles. The quantitative estimate of drug-likeness (QED) is 0.670. The van der Waals surface area contributed by atoms with Crippen LogP contribution >= 0.6 is 11.8 Å². The van der Waals surface area contributed by atoms with Crippen molar-refractivity contribution in [3.05, 3.63) is 0 Å². The summed E-state index contributed by atoms with van der Waals surface area (Å²) in [5, 5.41) is 12.4. The average molecular weight is 242 g/mol. The van der Waals surface area contributed by atoms with Gasteiger partial charge in [0.05, 0.1) is 5.37 Å². The Morgan fingerprint density at radius 2 is 2.44 bits per heavy atom. The van der Waals surface area contributed by atoms with Crippen LogP contribution in [0.1, 0.15) is 19.3 Å². The van der Waals surface area contributed by atoms with Gasteiger partial charge in [-0.15, -0.1) is 11.8 Å². The van der Waals surface area contributed by atoms with Crippen LogP contribution in [0.2, 0.25) is 0 Å². The van der Waals surface area contributed by atoms with Crippen LogP contribution in [-0.4, -0.2) is 51.1 Å². The van der Waals surface area contributed by atoms with E-state index in [1.54, 1.807) is 16.7 Å². The fraction of sp³-hybridized carbons (Fsp3) is 0.800. The van der Waals surface area contributed by atoms with Crippen molar-refractivity contribution < 1.29 is 14.7 Å². The second-order valence-electron chi connectivity index (χ2n) is 4.67. The predicted molar refractivity (Wildman–Crippen MR) is 59.1 cm³/mol. The number of aliphatic carboxylic acids is 1. The lowest BCUT2D eigenvalue weighted by atomic mass is 9.96. The van der Waals surface area contributed by atoms with E-state index in [1.165, 1.54) is 0 Å². The highest BCUT2D eigenvalue weighted by Gasteiger charge is 2.58. The van der Waals surface area contributed by atoms with E-state index in [1.807, 2.05) is 0 Å². The summed E-state index contributed by atoms with van der Waals surface area (Å²) in [6, 6.07) is -0.621. The summed E-state index contributed by atoms with van der Waals surface area (Å²) in [6.07, 6.45) is 2.63. The maximum atomic E-state index is 12.3. The largest absolute Gasteiger partial charge is 0.480 e. The molecule has 1 amide bonds. The monoisotopic (exact) mass is 242 g/mol. The Morgan fingerprint density at radius 3 is 3.06 bits per heavy atom. The van der Waals surface area contributed by atoms with Crippen molar-refractivity contribution in [1.29, 1.82) is 0 Å². The number of fused-ring (bicyclic) bond motifs is 1. The van der Waals surface area contributed by atoms with Gasteiger partial charge in [-0.05, 0) is 19.4 Å². The SMILES string of the molecule is O=C(O)[C@H]1CS[C@@H]2C[C@]3(CCCN3)C(=O)N12. The smallest absolute Gasteiger partial charge is 0.327 e. The minimum Gasteiger partial charge on any atom is -0.480 e. The number of amides is 1. The maximum absolute atomic E-state index is 12.3. The second kappa shape index (κ2) is 3.37. The van der Waals surface area contributed by atoms with E-state index >= 15 is 0 Å². The Hall–Kier alpha value is -0.750. The molecule has 1 spiro atoms. The number of carboxylic acids is 1. The molecule has 6 heteroatoms. The van der Waals surface area contributed by atoms with E-state index in [0.29, 0.717) is 5.75 Å². The maximum Gasteiger partial charge on any atom is 0.327 e. The molecule has 0 aromatic heterocycles. The van der Waals surface area contributed by atoms with Crippen molar-refractivity contribution in [2.75, 3.05) is 12.3 Å². The minimum absolute atomic E-state index is 0.00685. The van der Waals surface area contributed by atoms with Crippen molar-refractivity contribution in [3.8, 4) is 0 Å². The number of carboxylic acid groups (broad SMARTS) is 1. The molecule has 3 heterocycles. The third-order valence-electron chi connectivity index (χ3n) is 3.79. The van der Waals surface area contributed by atoms with Gasteiger partial charge in [0.25, 0.3) is 0 Å². The number of thioether (sulfide) groups is 1. The molecule has 16 heavy (non-hydrogen) atoms. The van der Waals surface area contributed by atoms with E-state index in [0.717, 1.165) is 25.8 Å². The molecular weight excluding hydrogens is 228 g/mol. The zero-order chi connectivity index (χ0) is 11.3. The minimum atomic E-state index is -0.876. The van der Waals surface area contributed by atoms with Crippen LogP contribution in [0.25, 0.3) is 0 Å². The third-order valence-corrected chi connectivity index (χ3v) is 5.08. The van der Waals surface area contributed by atoms with Crippen LogP contribution in [0.5, 0.6) is 0 Å². The number of nitrogens with one attached hydrogen (secondary N) is 1. The molecule has 0 aliphatic carbocycles. The first-order valence-corrected chi connectivity index (χ1v) is 6.61. The third kappa shape index (κ3) is 1.23. The number of nitrogens with zero attached hydrogens (tertiary/aromatic N) is 1. The first kappa shape index (κ1) is 10.4. The molecule has 0 aromatic rings. The lowest BCUT2D eigenvalue weighted by Crippen LogP contribution is -2.51. The van der Waals surface area contributed by atoms with Gasteiger partial charge in [0.15, 0.2) is 0 Å². The van der Waals surface area contributed by atoms with Crippen molar-refractivity contribution in [1.82, 2.24) is 10.2 Å². The molecule has 3 rings (SSSR count). The first-order valence-electron chi connectivity index (χ1n) is 5.56. The van der Waals surface area contributed by atoms with Gasteiger partial charge in [-0.25, -0.2) is 4.79 Å². The number of hydrogen-bond donors (Lipinski definition) is 2. The lowest BCUT2D eigenvalue weighted by molar-refractivity contribution is -0.148. The van der Waals surface area contributed by atoms with E-state index in [4.69, 9.17) is 5.11 Å². The van der Waals surface area contributed by atoms with E-state index in [-0.39, 0.29) is 11.3 Å². The summed E-state index contributed by atoms with van der Waals surface area (Å²) in [7, 11) is 0. The van der Waals surface area contributed by atoms with Crippen LogP contribution in [0.3, 0.4) is 0 Å². The van der Waals surface area contributed by atoms with Crippen LogP contribution < -0.4 is 5.32 Å². The molecule has 0 saturated carbocycles. The van der Waals surface area contributed by atoms with Gasteiger partial charge in [-0.2, -0.15) is 0 Å². The summed E-state index contributed by atoms with van der Waals surface area (Å²) in [5.74, 6) is -0.340. The Kier molecular flexibility index (Phi) is 2.19. The molecule has 3 atom stereocenters. The van der Waals surface area contributed by atoms with Gasteiger partial charge in [0.2, 0.25) is 5.91 Å². The van der Waals surface area contributed by atoms with Crippen LogP contribution in [0.15, 0.2) is 0 Å². The Labute approximate surface area is 97.6 Å². The summed E-state index contributed by atoms with van der Waals surface area (Å²) in [4.78, 5) is 25.0. The molecule has 3 aliphatic rings. The molecule has 88 valence electrons. The van der Waals surface area contributed by atoms with Gasteiger partial charge < -0.3 is 15.3 Å². The van der Waals surface area contributed by atoms with Gasteiger partial charge in [-0.1, -0.05) is 0 Å². The topological polar surface area (TPSA) is 69.6 Å². The van der Waals surface area contributed by atoms with Crippen molar-refractivity contribution in [2.24, 2.45) is 0 Å². The van der Waals surface area contributed by atoms with Crippen molar-refractivity contribution in [2.45, 2.75) is 36.2 Å². The van der Waals surface area contributed by atoms with Gasteiger partial charge in [0.1, 0.15) is 11.6 Å². The number of rotatable bonds is 1. The zero-order valence-electron chi connectivity index (χ0n) is 8.81. The summed E-state index contributed by atoms with van der Waals surface area (Å²) >= 11 is 1.60. The van der Waals surface area contributed by atoms with Gasteiger partial charge in [-0.3, -0.25) is 4.79 Å². The van der Waals surface area contributed by atoms with Crippen LogP contribution in [0, 0.1) is 0 Å². The Bertz CT molecular complexity index is 354. The second-order valence-corrected chi connectivity index (χ2v) is 5.88. The molecule has 5 nitrogen and oxygen atoms in total. The normalized spacial score (nSPS) is 42.0. The highest BCUT2D eigenvalue weighted by atomic mass is 32.2. The Morgan fingerprint density at radius 1 is 1.62 bits per heavy atom. The molecule has 0 bridgehead atoms. The summed E-state index contributed by atoms with van der Waals surface area (Å²) < 4.78 is 0. The molecular formula is C10H14N2O3S. The van der Waals surface area contributed by atoms with Crippen molar-refractivity contribution >= 4 is 23.6 Å². The Balaban J connectivity index is 1.89. The van der Waals surface area contributed by atoms with E-state index in [2.05, 4.69) is 5.32 Å². The first-order chi connectivity index (χ1) is 7.64. The van der Waals surface area contributed by atoms with Gasteiger partial charge in [0, 0.05) is 12.2 Å². The van der Waals surface area contributed by atoms with Crippen LogP contribution in [0.4, 0.5) is 0 Å². The van der Waals surface area contributed by atoms with Crippen molar-refractivity contribution in [3.63, 3.8) is 0 Å². The molecule has 0 radical (unpaired) electrons. The molecule has 3 fully saturated rings. The fourth-order valence-electron chi connectivity index (χ4n) is 2.98. The molecule has 3 aliphatic heterocycles. The number of hydrogen-bond acceptors (Lipinski definition) is 4. The summed E-state index contributed by atoms with van der Waals surface area (Å²) in [6.45, 7) is 0.870. The highest BCUT2D eigenvalue weighted by Crippen LogP contribution is 2.45.